The van der Waals surface area contributed by atoms with Crippen LogP contribution < -0.4 is 10.6 Å². The van der Waals surface area contributed by atoms with Crippen molar-refractivity contribution in [1.82, 2.24) is 20.2 Å². The van der Waals surface area contributed by atoms with Gasteiger partial charge in [0.25, 0.3) is 0 Å². The molecule has 1 atom stereocenters. The third-order valence-corrected chi connectivity index (χ3v) is 2.91. The third kappa shape index (κ3) is 7.07. The van der Waals surface area contributed by atoms with E-state index in [2.05, 4.69) is 27.1 Å². The normalized spacial score (nSPS) is 13.1. The Balaban J connectivity index is 2.26. The number of rotatable bonds is 6. The largest absolute Gasteiger partial charge is 0.444 e. The summed E-state index contributed by atoms with van der Waals surface area (Å²) in [5, 5.41) is 12.0. The molecule has 7 heteroatoms. The molecular weight excluding hydrogens is 264 g/mol. The van der Waals surface area contributed by atoms with Crippen LogP contribution in [0.5, 0.6) is 0 Å². The van der Waals surface area contributed by atoms with Crippen LogP contribution in [-0.4, -0.2) is 33.9 Å². The predicted molar refractivity (Wildman–Crippen MR) is 75.1 cm³/mol. The summed E-state index contributed by atoms with van der Waals surface area (Å²) in [4.78, 5) is 11.5. The van der Waals surface area contributed by atoms with Gasteiger partial charge < -0.3 is 15.4 Å². The summed E-state index contributed by atoms with van der Waals surface area (Å²) in [6.45, 7) is 8.79. The minimum Gasteiger partial charge on any atom is -0.444 e. The predicted octanol–water partition coefficient (Wildman–Crippen LogP) is 1.93. The van der Waals surface area contributed by atoms with Gasteiger partial charge in [0.2, 0.25) is 0 Å². The van der Waals surface area contributed by atoms with E-state index < -0.39 is 5.60 Å². The van der Waals surface area contributed by atoms with Gasteiger partial charge in [-0.15, -0.1) is 5.10 Å². The molecule has 0 radical (unpaired) electrons. The standard InChI is InChI=1S/C12H22N4O2S/c1-5-9(13-7-10-8-19-16-15-10)6-14-11(17)18-12(2,3)4/h8-9,13H,5-7H2,1-4H3,(H,14,17). The highest BCUT2D eigenvalue weighted by Gasteiger charge is 2.16. The molecule has 1 heterocycles. The number of hydrogen-bond acceptors (Lipinski definition) is 6. The topological polar surface area (TPSA) is 76.1 Å². The van der Waals surface area contributed by atoms with Crippen molar-refractivity contribution in [1.29, 1.82) is 0 Å². The van der Waals surface area contributed by atoms with Crippen LogP contribution in [0, 0.1) is 0 Å². The van der Waals surface area contributed by atoms with Crippen molar-refractivity contribution in [3.05, 3.63) is 11.1 Å². The van der Waals surface area contributed by atoms with Gasteiger partial charge in [0.15, 0.2) is 0 Å². The fraction of sp³-hybridized carbons (Fsp3) is 0.750. The van der Waals surface area contributed by atoms with Crippen molar-refractivity contribution >= 4 is 17.6 Å². The van der Waals surface area contributed by atoms with E-state index in [1.165, 1.54) is 11.5 Å². The molecule has 6 nitrogen and oxygen atoms in total. The fourth-order valence-electron chi connectivity index (χ4n) is 1.39. The number of hydrogen-bond donors (Lipinski definition) is 2. The highest BCUT2D eigenvalue weighted by Crippen LogP contribution is 2.06. The summed E-state index contributed by atoms with van der Waals surface area (Å²) < 4.78 is 8.99. The number of nitrogens with one attached hydrogen (secondary N) is 2. The Bertz CT molecular complexity index is 376. The molecule has 0 bridgehead atoms. The van der Waals surface area contributed by atoms with Gasteiger partial charge in [0.05, 0.1) is 5.69 Å². The summed E-state index contributed by atoms with van der Waals surface area (Å²) in [5.74, 6) is 0. The molecule has 0 saturated heterocycles. The average molecular weight is 286 g/mol. The second-order valence-electron chi connectivity index (χ2n) is 5.27. The zero-order chi connectivity index (χ0) is 14.3. The summed E-state index contributed by atoms with van der Waals surface area (Å²) >= 11 is 1.33. The molecule has 108 valence electrons. The van der Waals surface area contributed by atoms with E-state index in [1.807, 2.05) is 26.2 Å². The van der Waals surface area contributed by atoms with E-state index in [9.17, 15) is 4.79 Å². The lowest BCUT2D eigenvalue weighted by atomic mass is 10.2. The Hall–Kier alpha value is -1.21. The number of nitrogens with zero attached hydrogens (tertiary/aromatic N) is 2. The van der Waals surface area contributed by atoms with E-state index in [1.54, 1.807) is 0 Å². The summed E-state index contributed by atoms with van der Waals surface area (Å²) in [6.07, 6.45) is 0.524. The second kappa shape index (κ2) is 7.40. The van der Waals surface area contributed by atoms with E-state index in [0.29, 0.717) is 13.1 Å². The van der Waals surface area contributed by atoms with Gasteiger partial charge in [-0.05, 0) is 38.7 Å². The van der Waals surface area contributed by atoms with Crippen LogP contribution in [0.25, 0.3) is 0 Å². The van der Waals surface area contributed by atoms with Crippen LogP contribution in [0.1, 0.15) is 39.8 Å². The second-order valence-corrected chi connectivity index (χ2v) is 5.87. The third-order valence-electron chi connectivity index (χ3n) is 2.36. The number of aromatic nitrogens is 2. The molecule has 1 aromatic rings. The van der Waals surface area contributed by atoms with Crippen LogP contribution in [0.15, 0.2) is 5.38 Å². The van der Waals surface area contributed by atoms with Crippen LogP contribution in [0.4, 0.5) is 4.79 Å². The molecule has 0 aliphatic carbocycles. The van der Waals surface area contributed by atoms with E-state index in [4.69, 9.17) is 4.74 Å². The van der Waals surface area contributed by atoms with Gasteiger partial charge in [-0.1, -0.05) is 11.4 Å². The Morgan fingerprint density at radius 2 is 2.26 bits per heavy atom. The minimum atomic E-state index is -0.467. The van der Waals surface area contributed by atoms with Gasteiger partial charge in [0.1, 0.15) is 5.60 Å². The van der Waals surface area contributed by atoms with Crippen molar-refractivity contribution in [3.63, 3.8) is 0 Å². The highest BCUT2D eigenvalue weighted by molar-refractivity contribution is 7.03. The summed E-state index contributed by atoms with van der Waals surface area (Å²) in [5.41, 5.74) is 0.451. The van der Waals surface area contributed by atoms with Gasteiger partial charge in [-0.3, -0.25) is 0 Å². The summed E-state index contributed by atoms with van der Waals surface area (Å²) in [6, 6.07) is 0.189. The maximum absolute atomic E-state index is 11.5. The molecular formula is C12H22N4O2S. The summed E-state index contributed by atoms with van der Waals surface area (Å²) in [7, 11) is 0. The van der Waals surface area contributed by atoms with Gasteiger partial charge in [0, 0.05) is 24.5 Å². The number of carbonyl (C=O) groups excluding carboxylic acids is 1. The Morgan fingerprint density at radius 1 is 1.53 bits per heavy atom. The first-order valence-corrected chi connectivity index (χ1v) is 7.20. The van der Waals surface area contributed by atoms with Crippen LogP contribution in [0.3, 0.4) is 0 Å². The van der Waals surface area contributed by atoms with Crippen LogP contribution >= 0.6 is 11.5 Å². The lowest BCUT2D eigenvalue weighted by Crippen LogP contribution is -2.42. The van der Waals surface area contributed by atoms with Crippen molar-refractivity contribution in [2.75, 3.05) is 6.54 Å². The van der Waals surface area contributed by atoms with E-state index in [0.717, 1.165) is 12.1 Å². The molecule has 1 aromatic heterocycles. The number of ether oxygens (including phenoxy) is 1. The van der Waals surface area contributed by atoms with Crippen LogP contribution in [0.2, 0.25) is 0 Å². The molecule has 1 unspecified atom stereocenters. The Morgan fingerprint density at radius 3 is 2.79 bits per heavy atom. The van der Waals surface area contributed by atoms with E-state index in [-0.39, 0.29) is 12.1 Å². The number of amides is 1. The number of carbonyl (C=O) groups is 1. The lowest BCUT2D eigenvalue weighted by molar-refractivity contribution is 0.0522. The highest BCUT2D eigenvalue weighted by atomic mass is 32.1. The monoisotopic (exact) mass is 286 g/mol. The zero-order valence-electron chi connectivity index (χ0n) is 11.9. The van der Waals surface area contributed by atoms with Gasteiger partial charge in [-0.25, -0.2) is 4.79 Å². The number of alkyl carbamates (subject to hydrolysis) is 1. The quantitative estimate of drug-likeness (QED) is 0.835. The first-order chi connectivity index (χ1) is 8.90. The van der Waals surface area contributed by atoms with Crippen molar-refractivity contribution < 1.29 is 9.53 Å². The minimum absolute atomic E-state index is 0.189. The van der Waals surface area contributed by atoms with Crippen molar-refractivity contribution in [2.45, 2.75) is 52.3 Å². The molecule has 2 N–H and O–H groups in total. The first-order valence-electron chi connectivity index (χ1n) is 6.37. The van der Waals surface area contributed by atoms with Gasteiger partial charge >= 0.3 is 6.09 Å². The SMILES string of the molecule is CCC(CNC(=O)OC(C)(C)C)NCc1csnn1. The van der Waals surface area contributed by atoms with Crippen molar-refractivity contribution in [3.8, 4) is 0 Å². The molecule has 0 spiro atoms. The smallest absolute Gasteiger partial charge is 0.407 e. The molecule has 0 aliphatic rings. The molecule has 0 aliphatic heterocycles. The molecule has 19 heavy (non-hydrogen) atoms. The van der Waals surface area contributed by atoms with Crippen molar-refractivity contribution in [2.24, 2.45) is 0 Å². The molecule has 0 aromatic carbocycles. The molecule has 1 amide bonds. The fourth-order valence-corrected chi connectivity index (χ4v) is 1.84. The lowest BCUT2D eigenvalue weighted by Gasteiger charge is -2.22. The first kappa shape index (κ1) is 15.8. The maximum atomic E-state index is 11.5. The zero-order valence-corrected chi connectivity index (χ0v) is 12.7. The average Bonchev–Trinajstić information content (AvgIpc) is 2.80. The maximum Gasteiger partial charge on any atom is 0.407 e. The molecule has 0 fully saturated rings. The Labute approximate surface area is 118 Å². The van der Waals surface area contributed by atoms with Crippen LogP contribution in [-0.2, 0) is 11.3 Å². The Kier molecular flexibility index (Phi) is 6.17. The van der Waals surface area contributed by atoms with Gasteiger partial charge in [-0.2, -0.15) is 0 Å². The molecule has 0 saturated carbocycles. The molecule has 1 rings (SSSR count). The van der Waals surface area contributed by atoms with E-state index >= 15 is 0 Å².